The van der Waals surface area contributed by atoms with E-state index in [2.05, 4.69) is 48.5 Å². The predicted molar refractivity (Wildman–Crippen MR) is 112 cm³/mol. The fraction of sp³-hybridized carbons (Fsp3) is 0.520. The van der Waals surface area contributed by atoms with Gasteiger partial charge in [0.15, 0.2) is 0 Å². The van der Waals surface area contributed by atoms with E-state index in [9.17, 15) is 0 Å². The molecule has 0 spiro atoms. The largest absolute Gasteiger partial charge is 3.00 e. The third-order valence-electron chi connectivity index (χ3n) is 6.24. The zero-order chi connectivity index (χ0) is 17.6. The minimum atomic E-state index is 0. The van der Waals surface area contributed by atoms with Crippen LogP contribution < -0.4 is 24.8 Å². The van der Waals surface area contributed by atoms with Gasteiger partial charge in [-0.25, -0.2) is 0 Å². The monoisotopic (exact) mass is 464 g/mol. The smallest absolute Gasteiger partial charge is 1.00 e. The second kappa shape index (κ2) is 13.9. The van der Waals surface area contributed by atoms with Crippen molar-refractivity contribution in [2.24, 2.45) is 0 Å². The maximum atomic E-state index is 5.45. The van der Waals surface area contributed by atoms with E-state index < -0.39 is 0 Å². The number of rotatable bonds is 2. The van der Waals surface area contributed by atoms with E-state index >= 15 is 0 Å². The molecule has 0 heterocycles. The number of nitrogens with zero attached hydrogens (tertiary/aromatic N) is 1. The molecule has 0 bridgehead atoms. The molecule has 155 valence electrons. The van der Waals surface area contributed by atoms with Gasteiger partial charge < -0.3 is 30.1 Å². The number of halogens is 2. The van der Waals surface area contributed by atoms with Crippen LogP contribution >= 0.6 is 0 Å². The zero-order valence-corrected chi connectivity index (χ0v) is 20.3. The molecule has 1 nitrogen and oxygen atoms in total. The Morgan fingerprint density at radius 1 is 0.552 bits per heavy atom. The van der Waals surface area contributed by atoms with Crippen molar-refractivity contribution in [1.82, 2.24) is 0 Å². The van der Waals surface area contributed by atoms with Gasteiger partial charge in [0.05, 0.1) is 0 Å². The van der Waals surface area contributed by atoms with E-state index in [4.69, 9.17) is 5.32 Å². The first-order chi connectivity index (χ1) is 12.9. The molecule has 2 aromatic carbocycles. The van der Waals surface area contributed by atoms with Crippen LogP contribution in [0, 0.1) is 0 Å². The molecule has 0 atom stereocenters. The van der Waals surface area contributed by atoms with Crippen LogP contribution in [0.2, 0.25) is 0 Å². The summed E-state index contributed by atoms with van der Waals surface area (Å²) in [6, 6.07) is 18.6. The molecule has 2 aliphatic carbocycles. The summed E-state index contributed by atoms with van der Waals surface area (Å²) in [4.78, 5) is 0. The van der Waals surface area contributed by atoms with Crippen molar-refractivity contribution in [3.63, 3.8) is 0 Å². The topological polar surface area (TPSA) is 14.1 Å². The summed E-state index contributed by atoms with van der Waals surface area (Å²) in [6.45, 7) is 0. The molecule has 0 amide bonds. The molecule has 0 N–H and O–H groups in total. The van der Waals surface area contributed by atoms with Crippen LogP contribution in [0.25, 0.3) is 16.4 Å². The summed E-state index contributed by atoms with van der Waals surface area (Å²) >= 11 is 0. The van der Waals surface area contributed by atoms with E-state index in [0.29, 0.717) is 6.04 Å². The maximum absolute atomic E-state index is 5.45. The fourth-order valence-corrected chi connectivity index (χ4v) is 4.79. The standard InChI is InChI=1S/C25H32N.2ClH.Ti/c1-2-4-6-8-14-20(15-9-7-5-3-1)26-25-23-18-12-10-16-21(23)22-17-11-13-19-24(22)25;;;/h10-13,16-20,25H,1-9,14-15H2;2*1H;/q-1;;;+3/p-2. The van der Waals surface area contributed by atoms with Gasteiger partial charge in [-0.1, -0.05) is 136 Å². The second-order valence-corrected chi connectivity index (χ2v) is 8.14. The van der Waals surface area contributed by atoms with Crippen LogP contribution in [0.1, 0.15) is 87.8 Å². The minimum Gasteiger partial charge on any atom is -1.00 e. The molecule has 1 fully saturated rings. The zero-order valence-electron chi connectivity index (χ0n) is 17.3. The van der Waals surface area contributed by atoms with E-state index in [1.54, 1.807) is 0 Å². The van der Waals surface area contributed by atoms with Crippen LogP contribution in [-0.2, 0) is 21.7 Å². The van der Waals surface area contributed by atoms with Crippen molar-refractivity contribution in [3.05, 3.63) is 65.0 Å². The van der Waals surface area contributed by atoms with Crippen LogP contribution in [0.5, 0.6) is 0 Å². The average molecular weight is 465 g/mol. The summed E-state index contributed by atoms with van der Waals surface area (Å²) in [5.74, 6) is 0. The summed E-state index contributed by atoms with van der Waals surface area (Å²) in [5, 5.41) is 5.45. The van der Waals surface area contributed by atoms with E-state index in [0.717, 1.165) is 0 Å². The SMILES string of the molecule is [Cl-].[Cl-].[Ti+3].c1ccc2c(c1)-c1ccccc1C2[N-]C1CCCCCCCCCCC1. The van der Waals surface area contributed by atoms with Crippen LogP contribution in [0.15, 0.2) is 48.5 Å². The maximum Gasteiger partial charge on any atom is 3.00 e. The van der Waals surface area contributed by atoms with Crippen molar-refractivity contribution in [3.8, 4) is 11.1 Å². The van der Waals surface area contributed by atoms with Crippen LogP contribution in [0.4, 0.5) is 0 Å². The number of hydrogen-bond acceptors (Lipinski definition) is 0. The van der Waals surface area contributed by atoms with Gasteiger partial charge in [0, 0.05) is 0 Å². The normalized spacial score (nSPS) is 17.9. The van der Waals surface area contributed by atoms with Crippen molar-refractivity contribution in [2.75, 3.05) is 0 Å². The molecule has 2 aliphatic rings. The Balaban J connectivity index is 0.00000140. The predicted octanol–water partition coefficient (Wildman–Crippen LogP) is 1.81. The summed E-state index contributed by atoms with van der Waals surface area (Å²) in [6.07, 6.45) is 15.2. The summed E-state index contributed by atoms with van der Waals surface area (Å²) in [7, 11) is 0. The Morgan fingerprint density at radius 3 is 1.38 bits per heavy atom. The van der Waals surface area contributed by atoms with Crippen LogP contribution in [-0.4, -0.2) is 6.04 Å². The van der Waals surface area contributed by atoms with Gasteiger partial charge in [0.1, 0.15) is 0 Å². The van der Waals surface area contributed by atoms with E-state index in [-0.39, 0.29) is 52.6 Å². The molecule has 0 aliphatic heterocycles. The van der Waals surface area contributed by atoms with Crippen LogP contribution in [0.3, 0.4) is 0 Å². The molecule has 0 unspecified atom stereocenters. The molecule has 4 heteroatoms. The Labute approximate surface area is 204 Å². The first-order valence-corrected chi connectivity index (χ1v) is 10.8. The van der Waals surface area contributed by atoms with Gasteiger partial charge in [-0.15, -0.1) is 6.04 Å². The van der Waals surface area contributed by atoms with Gasteiger partial charge in [0.25, 0.3) is 0 Å². The molecule has 0 aromatic heterocycles. The third-order valence-corrected chi connectivity index (χ3v) is 6.24. The average Bonchev–Trinajstić information content (AvgIpc) is 2.98. The Kier molecular flexibility index (Phi) is 12.8. The summed E-state index contributed by atoms with van der Waals surface area (Å²) < 4.78 is 0. The molecule has 29 heavy (non-hydrogen) atoms. The fourth-order valence-electron chi connectivity index (χ4n) is 4.79. The second-order valence-electron chi connectivity index (χ2n) is 8.14. The van der Waals surface area contributed by atoms with Gasteiger partial charge in [-0.2, -0.15) is 0 Å². The third kappa shape index (κ3) is 6.84. The molecule has 1 saturated carbocycles. The first-order valence-electron chi connectivity index (χ1n) is 10.8. The Morgan fingerprint density at radius 2 is 0.931 bits per heavy atom. The summed E-state index contributed by atoms with van der Waals surface area (Å²) in [5.41, 5.74) is 5.62. The molecule has 2 aromatic rings. The molecule has 4 rings (SSSR count). The van der Waals surface area contributed by atoms with Crippen molar-refractivity contribution in [1.29, 1.82) is 0 Å². The quantitative estimate of drug-likeness (QED) is 0.601. The molecule has 1 radical (unpaired) electrons. The first kappa shape index (κ1) is 26.7. The Hall–Kier alpha value is -0.306. The van der Waals surface area contributed by atoms with Gasteiger partial charge >= 0.3 is 21.7 Å². The minimum absolute atomic E-state index is 0. The van der Waals surface area contributed by atoms with Crippen molar-refractivity contribution in [2.45, 2.75) is 82.7 Å². The van der Waals surface area contributed by atoms with Gasteiger partial charge in [0.2, 0.25) is 0 Å². The molecule has 0 saturated heterocycles. The van der Waals surface area contributed by atoms with Gasteiger partial charge in [-0.05, 0) is 11.1 Å². The van der Waals surface area contributed by atoms with Crippen molar-refractivity contribution < 1.29 is 46.5 Å². The van der Waals surface area contributed by atoms with E-state index in [1.807, 2.05) is 0 Å². The van der Waals surface area contributed by atoms with E-state index in [1.165, 1.54) is 92.9 Å². The Bertz CT molecular complexity index is 664. The number of fused-ring (bicyclic) bond motifs is 3. The molecular formula is C25H32Cl2NTi. The number of benzene rings is 2. The van der Waals surface area contributed by atoms with Gasteiger partial charge in [-0.3, -0.25) is 0 Å². The molecular weight excluding hydrogens is 433 g/mol. The number of hydrogen-bond donors (Lipinski definition) is 0. The van der Waals surface area contributed by atoms with Crippen molar-refractivity contribution >= 4 is 0 Å².